The summed E-state index contributed by atoms with van der Waals surface area (Å²) in [6, 6.07) is 19.8. The van der Waals surface area contributed by atoms with Crippen molar-refractivity contribution in [2.45, 2.75) is 51.3 Å². The van der Waals surface area contributed by atoms with Crippen LogP contribution in [0.5, 0.6) is 0 Å². The van der Waals surface area contributed by atoms with Crippen LogP contribution < -0.4 is 0 Å². The van der Waals surface area contributed by atoms with Gasteiger partial charge in [-0.3, -0.25) is 4.79 Å². The lowest BCUT2D eigenvalue weighted by Gasteiger charge is -2.40. The van der Waals surface area contributed by atoms with E-state index in [9.17, 15) is 4.79 Å². The highest BCUT2D eigenvalue weighted by atomic mass is 16.8. The van der Waals surface area contributed by atoms with Crippen molar-refractivity contribution in [3.8, 4) is 0 Å². The van der Waals surface area contributed by atoms with Crippen LogP contribution in [0.2, 0.25) is 0 Å². The first-order valence-corrected chi connectivity index (χ1v) is 9.33. The van der Waals surface area contributed by atoms with Crippen LogP contribution in [0.25, 0.3) is 0 Å². The molecular formula is C23H24O4. The number of carbonyl (C=O) groups is 1. The number of carbonyl (C=O) groups excluding carboxylic acids is 1. The zero-order chi connectivity index (χ0) is 19.2. The molecular weight excluding hydrogens is 340 g/mol. The van der Waals surface area contributed by atoms with E-state index in [-0.39, 0.29) is 18.0 Å². The second-order valence-corrected chi connectivity index (χ2v) is 7.40. The van der Waals surface area contributed by atoms with Gasteiger partial charge in [-0.2, -0.15) is 0 Å². The largest absolute Gasteiger partial charge is 0.489 e. The maximum absolute atomic E-state index is 12.9. The average molecular weight is 364 g/mol. The molecule has 0 bridgehead atoms. The normalized spacial score (nSPS) is 26.6. The lowest BCUT2D eigenvalue weighted by Crippen LogP contribution is -2.54. The molecule has 1 aliphatic carbocycles. The molecule has 0 radical (unpaired) electrons. The van der Waals surface area contributed by atoms with Crippen LogP contribution in [0.4, 0.5) is 0 Å². The van der Waals surface area contributed by atoms with E-state index in [2.05, 4.69) is 0 Å². The molecule has 0 N–H and O–H groups in total. The quantitative estimate of drug-likeness (QED) is 0.809. The Morgan fingerprint density at radius 1 is 0.963 bits per heavy atom. The molecule has 1 heterocycles. The molecule has 4 heteroatoms. The van der Waals surface area contributed by atoms with E-state index in [0.29, 0.717) is 11.3 Å². The Bertz CT molecular complexity index is 846. The molecule has 1 spiro atoms. The van der Waals surface area contributed by atoms with Crippen molar-refractivity contribution >= 4 is 5.78 Å². The molecule has 1 aliphatic heterocycles. The van der Waals surface area contributed by atoms with Gasteiger partial charge in [-0.05, 0) is 38.8 Å². The lowest BCUT2D eigenvalue weighted by atomic mass is 9.82. The first kappa shape index (κ1) is 18.0. The molecule has 140 valence electrons. The summed E-state index contributed by atoms with van der Waals surface area (Å²) >= 11 is 0. The van der Waals surface area contributed by atoms with Gasteiger partial charge in [0.05, 0.1) is 12.2 Å². The van der Waals surface area contributed by atoms with Crippen LogP contribution in [0.3, 0.4) is 0 Å². The van der Waals surface area contributed by atoms with E-state index in [1.165, 1.54) is 0 Å². The van der Waals surface area contributed by atoms with Gasteiger partial charge in [-0.1, -0.05) is 60.7 Å². The highest BCUT2D eigenvalue weighted by Crippen LogP contribution is 2.55. The minimum atomic E-state index is -1.47. The summed E-state index contributed by atoms with van der Waals surface area (Å²) in [5.41, 5.74) is 1.56. The number of benzene rings is 2. The monoisotopic (exact) mass is 364 g/mol. The molecule has 0 aromatic heterocycles. The van der Waals surface area contributed by atoms with E-state index in [0.717, 1.165) is 11.1 Å². The minimum Gasteiger partial charge on any atom is -0.489 e. The van der Waals surface area contributed by atoms with Gasteiger partial charge in [0.1, 0.15) is 5.60 Å². The van der Waals surface area contributed by atoms with E-state index in [1.54, 1.807) is 6.92 Å². The molecule has 0 amide bonds. The SMILES string of the molecule is CC1=C(OC(C)C)C2(O[C@@H](C)C(c3ccccc3)(c3ccccc3)O2)C1=O. The smallest absolute Gasteiger partial charge is 0.295 e. The minimum absolute atomic E-state index is 0.0779. The van der Waals surface area contributed by atoms with E-state index in [4.69, 9.17) is 14.2 Å². The van der Waals surface area contributed by atoms with Crippen LogP contribution in [0.1, 0.15) is 38.8 Å². The lowest BCUT2D eigenvalue weighted by molar-refractivity contribution is -0.203. The maximum atomic E-state index is 12.9. The van der Waals surface area contributed by atoms with Crippen LogP contribution in [0, 0.1) is 0 Å². The highest BCUT2D eigenvalue weighted by molar-refractivity contribution is 6.10. The van der Waals surface area contributed by atoms with Crippen LogP contribution in [-0.4, -0.2) is 23.8 Å². The Morgan fingerprint density at radius 3 is 1.96 bits per heavy atom. The molecule has 2 aromatic carbocycles. The fourth-order valence-corrected chi connectivity index (χ4v) is 4.03. The maximum Gasteiger partial charge on any atom is 0.295 e. The predicted molar refractivity (Wildman–Crippen MR) is 102 cm³/mol. The van der Waals surface area contributed by atoms with E-state index >= 15 is 0 Å². The van der Waals surface area contributed by atoms with Crippen molar-refractivity contribution in [2.75, 3.05) is 0 Å². The summed E-state index contributed by atoms with van der Waals surface area (Å²) in [4.78, 5) is 12.9. The number of ketones is 1. The summed E-state index contributed by atoms with van der Waals surface area (Å²) in [6.07, 6.45) is -0.462. The molecule has 27 heavy (non-hydrogen) atoms. The highest BCUT2D eigenvalue weighted by Gasteiger charge is 2.68. The van der Waals surface area contributed by atoms with Crippen LogP contribution in [0.15, 0.2) is 72.0 Å². The van der Waals surface area contributed by atoms with Gasteiger partial charge in [-0.15, -0.1) is 0 Å². The zero-order valence-electron chi connectivity index (χ0n) is 16.1. The van der Waals surface area contributed by atoms with Gasteiger partial charge >= 0.3 is 0 Å². The van der Waals surface area contributed by atoms with Gasteiger partial charge in [-0.25, -0.2) is 0 Å². The number of hydrogen-bond donors (Lipinski definition) is 0. The van der Waals surface area contributed by atoms with Crippen molar-refractivity contribution in [2.24, 2.45) is 0 Å². The Kier molecular flexibility index (Phi) is 4.21. The van der Waals surface area contributed by atoms with Crippen LogP contribution >= 0.6 is 0 Å². The van der Waals surface area contributed by atoms with Gasteiger partial charge in [0.2, 0.25) is 5.78 Å². The van der Waals surface area contributed by atoms with E-state index in [1.807, 2.05) is 81.4 Å². The molecule has 1 unspecified atom stereocenters. The third-order valence-electron chi connectivity index (χ3n) is 5.26. The van der Waals surface area contributed by atoms with Gasteiger partial charge in [0.25, 0.3) is 5.79 Å². The standard InChI is InChI=1S/C23H24O4/c1-15(2)25-21-16(3)20(24)23(21)26-17(4)22(27-23,18-11-7-5-8-12-18)19-13-9-6-10-14-19/h5-15,17H,1-4H3/t17-,23?/m0/s1. The molecule has 2 aliphatic rings. The fourth-order valence-electron chi connectivity index (χ4n) is 4.03. The van der Waals surface area contributed by atoms with Crippen molar-refractivity contribution < 1.29 is 19.0 Å². The molecule has 4 nitrogen and oxygen atoms in total. The van der Waals surface area contributed by atoms with Crippen molar-refractivity contribution in [3.05, 3.63) is 83.1 Å². The Labute approximate surface area is 159 Å². The topological polar surface area (TPSA) is 44.8 Å². The summed E-state index contributed by atoms with van der Waals surface area (Å²) < 4.78 is 18.8. The number of ether oxygens (including phenoxy) is 3. The second kappa shape index (κ2) is 6.32. The van der Waals surface area contributed by atoms with E-state index < -0.39 is 11.4 Å². The van der Waals surface area contributed by atoms with Gasteiger partial charge in [0, 0.05) is 5.57 Å². The third kappa shape index (κ3) is 2.47. The molecule has 4 rings (SSSR count). The Hall–Kier alpha value is -2.43. The van der Waals surface area contributed by atoms with Gasteiger partial charge < -0.3 is 14.2 Å². The fraction of sp³-hybridized carbons (Fsp3) is 0.348. The Balaban J connectivity index is 1.87. The molecule has 1 fully saturated rings. The van der Waals surface area contributed by atoms with Gasteiger partial charge in [0.15, 0.2) is 5.76 Å². The molecule has 1 saturated heterocycles. The zero-order valence-corrected chi connectivity index (χ0v) is 16.1. The van der Waals surface area contributed by atoms with Crippen LogP contribution in [-0.2, 0) is 24.6 Å². The number of Topliss-reactive ketones (excluding diaryl/α,β-unsaturated/α-hetero) is 1. The summed E-state index contributed by atoms with van der Waals surface area (Å²) in [5, 5.41) is 0. The predicted octanol–water partition coefficient (Wildman–Crippen LogP) is 4.34. The average Bonchev–Trinajstić information content (AvgIpc) is 3.03. The molecule has 0 saturated carbocycles. The second-order valence-electron chi connectivity index (χ2n) is 7.40. The molecule has 2 aromatic rings. The summed E-state index contributed by atoms with van der Waals surface area (Å²) in [5.74, 6) is -1.15. The number of rotatable bonds is 4. The van der Waals surface area contributed by atoms with Crippen molar-refractivity contribution in [1.29, 1.82) is 0 Å². The first-order chi connectivity index (χ1) is 12.9. The van der Waals surface area contributed by atoms with Crippen molar-refractivity contribution in [3.63, 3.8) is 0 Å². The first-order valence-electron chi connectivity index (χ1n) is 9.33. The van der Waals surface area contributed by atoms with Crippen molar-refractivity contribution in [1.82, 2.24) is 0 Å². The summed E-state index contributed by atoms with van der Waals surface area (Å²) in [6.45, 7) is 7.56. The number of hydrogen-bond acceptors (Lipinski definition) is 4. The Morgan fingerprint density at radius 2 is 1.48 bits per heavy atom. The third-order valence-corrected chi connectivity index (χ3v) is 5.26. The summed E-state index contributed by atoms with van der Waals surface area (Å²) in [7, 11) is 0. The molecule has 2 atom stereocenters.